The zero-order chi connectivity index (χ0) is 13.0. The van der Waals surface area contributed by atoms with Gasteiger partial charge in [-0.1, -0.05) is 12.5 Å². The molecule has 2 rings (SSSR count). The van der Waals surface area contributed by atoms with Crippen LogP contribution in [-0.4, -0.2) is 24.3 Å². The minimum Gasteiger partial charge on any atom is -0.363 e. The predicted octanol–water partition coefficient (Wildman–Crippen LogP) is 3.23. The molecule has 1 saturated heterocycles. The van der Waals surface area contributed by atoms with Crippen molar-refractivity contribution in [3.05, 3.63) is 29.6 Å². The van der Waals surface area contributed by atoms with Gasteiger partial charge in [-0.15, -0.1) is 0 Å². The summed E-state index contributed by atoms with van der Waals surface area (Å²) in [5.74, 6) is 0.435. The molecule has 0 spiro atoms. The molecule has 0 radical (unpaired) electrons. The molecule has 1 aliphatic heterocycles. The first-order valence-corrected chi connectivity index (χ1v) is 6.19. The average Bonchev–Trinajstić information content (AvgIpc) is 2.55. The van der Waals surface area contributed by atoms with Crippen LogP contribution in [-0.2, 0) is 0 Å². The van der Waals surface area contributed by atoms with E-state index < -0.39 is 5.82 Å². The highest BCUT2D eigenvalue weighted by Crippen LogP contribution is 2.23. The molecule has 0 bridgehead atoms. The van der Waals surface area contributed by atoms with E-state index in [1.165, 1.54) is 12.5 Å². The highest BCUT2D eigenvalue weighted by atomic mass is 19.1. The van der Waals surface area contributed by atoms with Crippen molar-refractivity contribution in [2.45, 2.75) is 25.7 Å². The number of nitriles is 1. The number of halogens is 1. The summed E-state index contributed by atoms with van der Waals surface area (Å²) in [6.07, 6.45) is 4.33. The molecule has 4 heteroatoms. The smallest absolute Gasteiger partial charge is 0.143 e. The molecule has 94 valence electrons. The first-order valence-electron chi connectivity index (χ1n) is 6.19. The molecule has 0 aliphatic carbocycles. The number of likely N-dealkylation sites (tertiary alicyclic amines) is 1. The Kier molecular flexibility index (Phi) is 3.93. The van der Waals surface area contributed by atoms with Gasteiger partial charge in [-0.25, -0.2) is 9.38 Å². The molecule has 1 aromatic carbocycles. The number of amidine groups is 1. The van der Waals surface area contributed by atoms with Gasteiger partial charge in [-0.2, -0.15) is 5.26 Å². The number of nitrogens with zero attached hydrogens (tertiary/aromatic N) is 3. The van der Waals surface area contributed by atoms with E-state index in [0.29, 0.717) is 5.69 Å². The van der Waals surface area contributed by atoms with Crippen LogP contribution < -0.4 is 0 Å². The predicted molar refractivity (Wildman–Crippen MR) is 69.3 cm³/mol. The summed E-state index contributed by atoms with van der Waals surface area (Å²) >= 11 is 0. The van der Waals surface area contributed by atoms with Crippen molar-refractivity contribution in [2.75, 3.05) is 13.6 Å². The van der Waals surface area contributed by atoms with Gasteiger partial charge in [0.15, 0.2) is 0 Å². The van der Waals surface area contributed by atoms with Crippen LogP contribution in [0.2, 0.25) is 0 Å². The molecule has 18 heavy (non-hydrogen) atoms. The van der Waals surface area contributed by atoms with Crippen LogP contribution in [0.3, 0.4) is 0 Å². The fourth-order valence-electron chi connectivity index (χ4n) is 2.13. The summed E-state index contributed by atoms with van der Waals surface area (Å²) in [6, 6.07) is 6.45. The molecule has 1 fully saturated rings. The Morgan fingerprint density at radius 3 is 2.94 bits per heavy atom. The van der Waals surface area contributed by atoms with Gasteiger partial charge in [0.1, 0.15) is 23.3 Å². The monoisotopic (exact) mass is 245 g/mol. The third-order valence-electron chi connectivity index (χ3n) is 3.19. The molecule has 1 heterocycles. The van der Waals surface area contributed by atoms with Crippen LogP contribution in [0.15, 0.2) is 23.2 Å². The lowest BCUT2D eigenvalue weighted by atomic mass is 10.2. The second kappa shape index (κ2) is 5.63. The Morgan fingerprint density at radius 2 is 2.17 bits per heavy atom. The van der Waals surface area contributed by atoms with Gasteiger partial charge < -0.3 is 4.90 Å². The number of hydrogen-bond donors (Lipinski definition) is 0. The van der Waals surface area contributed by atoms with E-state index in [4.69, 9.17) is 5.26 Å². The quantitative estimate of drug-likeness (QED) is 0.762. The average molecular weight is 245 g/mol. The maximum atomic E-state index is 13.5. The SMILES string of the molecule is CN1CCCCCC1=Nc1cccc(F)c1C#N. The van der Waals surface area contributed by atoms with Gasteiger partial charge >= 0.3 is 0 Å². The third kappa shape index (κ3) is 2.67. The Balaban J connectivity index is 2.37. The third-order valence-corrected chi connectivity index (χ3v) is 3.19. The highest BCUT2D eigenvalue weighted by Gasteiger charge is 2.13. The van der Waals surface area contributed by atoms with Crippen LogP contribution in [0, 0.1) is 17.1 Å². The van der Waals surface area contributed by atoms with Crippen molar-refractivity contribution in [3.8, 4) is 6.07 Å². The minimum atomic E-state index is -0.504. The molecule has 0 aromatic heterocycles. The lowest BCUT2D eigenvalue weighted by molar-refractivity contribution is 0.494. The maximum Gasteiger partial charge on any atom is 0.143 e. The largest absolute Gasteiger partial charge is 0.363 e. The second-order valence-corrected chi connectivity index (χ2v) is 4.51. The Morgan fingerprint density at radius 1 is 1.33 bits per heavy atom. The molecule has 0 amide bonds. The van der Waals surface area contributed by atoms with Gasteiger partial charge in [0, 0.05) is 20.0 Å². The van der Waals surface area contributed by atoms with Gasteiger partial charge in [-0.05, 0) is 25.0 Å². The Bertz CT molecular complexity index is 502. The number of aliphatic imine (C=N–C) groups is 1. The van der Waals surface area contributed by atoms with Gasteiger partial charge in [0.2, 0.25) is 0 Å². The van der Waals surface area contributed by atoms with E-state index in [1.54, 1.807) is 12.1 Å². The minimum absolute atomic E-state index is 0.0302. The van der Waals surface area contributed by atoms with Crippen LogP contribution in [0.4, 0.5) is 10.1 Å². The summed E-state index contributed by atoms with van der Waals surface area (Å²) in [5.41, 5.74) is 0.462. The molecule has 0 atom stereocenters. The molecule has 0 N–H and O–H groups in total. The number of hydrogen-bond acceptors (Lipinski definition) is 2. The Labute approximate surface area is 107 Å². The number of rotatable bonds is 1. The van der Waals surface area contributed by atoms with E-state index in [-0.39, 0.29) is 5.56 Å². The van der Waals surface area contributed by atoms with E-state index >= 15 is 0 Å². The van der Waals surface area contributed by atoms with E-state index in [1.807, 2.05) is 13.1 Å². The van der Waals surface area contributed by atoms with Crippen LogP contribution >= 0.6 is 0 Å². The Hall–Kier alpha value is -1.89. The molecule has 1 aromatic rings. The van der Waals surface area contributed by atoms with Gasteiger partial charge in [0.25, 0.3) is 0 Å². The molecule has 0 unspecified atom stereocenters. The molecular formula is C14H16FN3. The van der Waals surface area contributed by atoms with Gasteiger partial charge in [0.05, 0.1) is 5.69 Å². The molecular weight excluding hydrogens is 229 g/mol. The van der Waals surface area contributed by atoms with Crippen molar-refractivity contribution >= 4 is 11.5 Å². The fourth-order valence-corrected chi connectivity index (χ4v) is 2.13. The second-order valence-electron chi connectivity index (χ2n) is 4.51. The number of benzene rings is 1. The fraction of sp³-hybridized carbons (Fsp3) is 0.429. The lowest BCUT2D eigenvalue weighted by Gasteiger charge is -2.18. The van der Waals surface area contributed by atoms with Crippen molar-refractivity contribution in [1.82, 2.24) is 4.90 Å². The zero-order valence-corrected chi connectivity index (χ0v) is 10.5. The molecule has 3 nitrogen and oxygen atoms in total. The standard InChI is InChI=1S/C14H16FN3/c1-18-9-4-2-3-8-14(18)17-13-7-5-6-12(15)11(13)10-16/h5-7H,2-4,8-9H2,1H3. The van der Waals surface area contributed by atoms with E-state index in [0.717, 1.165) is 31.6 Å². The first kappa shape index (κ1) is 12.6. The lowest BCUT2D eigenvalue weighted by Crippen LogP contribution is -2.25. The maximum absolute atomic E-state index is 13.5. The van der Waals surface area contributed by atoms with Crippen molar-refractivity contribution < 1.29 is 4.39 Å². The molecule has 0 saturated carbocycles. The highest BCUT2D eigenvalue weighted by molar-refractivity contribution is 5.85. The van der Waals surface area contributed by atoms with Crippen LogP contribution in [0.25, 0.3) is 0 Å². The van der Waals surface area contributed by atoms with Crippen molar-refractivity contribution in [2.24, 2.45) is 4.99 Å². The topological polar surface area (TPSA) is 39.4 Å². The summed E-state index contributed by atoms with van der Waals surface area (Å²) in [6.45, 7) is 0.968. The summed E-state index contributed by atoms with van der Waals surface area (Å²) < 4.78 is 13.5. The molecule has 1 aliphatic rings. The zero-order valence-electron chi connectivity index (χ0n) is 10.5. The van der Waals surface area contributed by atoms with Gasteiger partial charge in [-0.3, -0.25) is 0 Å². The normalized spacial score (nSPS) is 18.5. The summed E-state index contributed by atoms with van der Waals surface area (Å²) in [5, 5.41) is 8.98. The van der Waals surface area contributed by atoms with Crippen LogP contribution in [0.5, 0.6) is 0 Å². The first-order chi connectivity index (χ1) is 8.72. The summed E-state index contributed by atoms with van der Waals surface area (Å²) in [4.78, 5) is 6.57. The van der Waals surface area contributed by atoms with Crippen molar-refractivity contribution in [3.63, 3.8) is 0 Å². The van der Waals surface area contributed by atoms with Crippen LogP contribution in [0.1, 0.15) is 31.2 Å². The van der Waals surface area contributed by atoms with Crippen molar-refractivity contribution in [1.29, 1.82) is 5.26 Å². The summed E-state index contributed by atoms with van der Waals surface area (Å²) in [7, 11) is 2.00. The van der Waals surface area contributed by atoms with E-state index in [2.05, 4.69) is 9.89 Å². The van der Waals surface area contributed by atoms with E-state index in [9.17, 15) is 4.39 Å².